The van der Waals surface area contributed by atoms with Crippen LogP contribution in [-0.2, 0) is 13.1 Å². The molecule has 0 unspecified atom stereocenters. The van der Waals surface area contributed by atoms with Crippen molar-refractivity contribution in [3.63, 3.8) is 0 Å². The monoisotopic (exact) mass is 187 g/mol. The zero-order valence-corrected chi connectivity index (χ0v) is 8.13. The summed E-state index contributed by atoms with van der Waals surface area (Å²) in [7, 11) is 1.88. The van der Waals surface area contributed by atoms with Crippen molar-refractivity contribution < 1.29 is 0 Å². The van der Waals surface area contributed by atoms with Gasteiger partial charge < -0.3 is 5.32 Å². The van der Waals surface area contributed by atoms with Crippen molar-refractivity contribution in [2.75, 3.05) is 19.1 Å². The third-order valence-corrected chi connectivity index (χ3v) is 2.04. The summed E-state index contributed by atoms with van der Waals surface area (Å²) in [6, 6.07) is 0. The number of hydrogen-bond acceptors (Lipinski definition) is 5. The summed E-state index contributed by atoms with van der Waals surface area (Å²) in [6.07, 6.45) is 2.07. The number of aryl methyl sites for hydroxylation is 1. The van der Waals surface area contributed by atoms with E-state index in [1.54, 1.807) is 11.8 Å². The number of nitrogens with zero attached hydrogens (tertiary/aromatic N) is 4. The molecular weight excluding hydrogens is 174 g/mol. The highest BCUT2D eigenvalue weighted by atomic mass is 32.2. The Kier molecular flexibility index (Phi) is 4.02. The van der Waals surface area contributed by atoms with Gasteiger partial charge in [0, 0.05) is 5.75 Å². The molecule has 0 saturated heterocycles. The highest BCUT2D eigenvalue weighted by Gasteiger charge is 2.02. The van der Waals surface area contributed by atoms with E-state index < -0.39 is 0 Å². The van der Waals surface area contributed by atoms with Crippen LogP contribution in [-0.4, -0.2) is 39.3 Å². The minimum absolute atomic E-state index is 0.724. The largest absolute Gasteiger partial charge is 0.313 e. The van der Waals surface area contributed by atoms with Crippen molar-refractivity contribution in [3.05, 3.63) is 5.82 Å². The Morgan fingerprint density at radius 3 is 3.08 bits per heavy atom. The van der Waals surface area contributed by atoms with E-state index in [0.717, 1.165) is 24.7 Å². The molecular formula is C6H13N5S. The molecule has 0 saturated carbocycles. The molecule has 0 aliphatic heterocycles. The Hall–Kier alpha value is -0.620. The van der Waals surface area contributed by atoms with Gasteiger partial charge in [-0.3, -0.25) is 0 Å². The van der Waals surface area contributed by atoms with Gasteiger partial charge >= 0.3 is 0 Å². The van der Waals surface area contributed by atoms with Crippen molar-refractivity contribution in [1.29, 1.82) is 0 Å². The van der Waals surface area contributed by atoms with E-state index in [1.807, 2.05) is 11.7 Å². The summed E-state index contributed by atoms with van der Waals surface area (Å²) >= 11 is 1.79. The predicted molar refractivity (Wildman–Crippen MR) is 49.0 cm³/mol. The van der Waals surface area contributed by atoms with Gasteiger partial charge in [0.05, 0.1) is 13.1 Å². The topological polar surface area (TPSA) is 55.6 Å². The second kappa shape index (κ2) is 5.10. The Morgan fingerprint density at radius 2 is 2.42 bits per heavy atom. The van der Waals surface area contributed by atoms with Crippen LogP contribution in [0, 0.1) is 0 Å². The van der Waals surface area contributed by atoms with Crippen LogP contribution in [0.15, 0.2) is 0 Å². The molecule has 0 aromatic carbocycles. The number of hydrogen-bond donors (Lipinski definition) is 1. The highest BCUT2D eigenvalue weighted by Crippen LogP contribution is 1.96. The molecule has 0 amide bonds. The summed E-state index contributed by atoms with van der Waals surface area (Å²) in [5, 5.41) is 14.4. The normalized spacial score (nSPS) is 10.5. The van der Waals surface area contributed by atoms with Gasteiger partial charge in [0.25, 0.3) is 0 Å². The molecule has 0 bridgehead atoms. The van der Waals surface area contributed by atoms with Crippen LogP contribution < -0.4 is 5.32 Å². The fraction of sp³-hybridized carbons (Fsp3) is 0.833. The van der Waals surface area contributed by atoms with E-state index in [-0.39, 0.29) is 0 Å². The number of thioether (sulfide) groups is 1. The average Bonchev–Trinajstić information content (AvgIpc) is 2.50. The number of nitrogens with one attached hydrogen (secondary N) is 1. The maximum Gasteiger partial charge on any atom is 0.165 e. The summed E-state index contributed by atoms with van der Waals surface area (Å²) < 4.78 is 1.83. The van der Waals surface area contributed by atoms with Crippen LogP contribution in [0.1, 0.15) is 5.82 Å². The number of tetrazole rings is 1. The molecule has 1 aromatic rings. The first-order chi connectivity index (χ1) is 5.88. The van der Waals surface area contributed by atoms with Gasteiger partial charge in [-0.05, 0) is 23.7 Å². The second-order valence-electron chi connectivity index (χ2n) is 2.34. The first-order valence-electron chi connectivity index (χ1n) is 3.77. The van der Waals surface area contributed by atoms with Gasteiger partial charge in [0.2, 0.25) is 0 Å². The molecule has 1 heterocycles. The molecule has 0 spiro atoms. The third-order valence-electron chi connectivity index (χ3n) is 1.45. The standard InChI is InChI=1S/C6H13N5S/c1-7-5-6-8-9-10-11(6)3-4-12-2/h7H,3-5H2,1-2H3. The fourth-order valence-corrected chi connectivity index (χ4v) is 1.21. The first kappa shape index (κ1) is 9.47. The summed E-state index contributed by atoms with van der Waals surface area (Å²) in [4.78, 5) is 0. The Morgan fingerprint density at radius 1 is 1.58 bits per heavy atom. The zero-order valence-electron chi connectivity index (χ0n) is 7.32. The van der Waals surface area contributed by atoms with Crippen molar-refractivity contribution in [2.24, 2.45) is 0 Å². The lowest BCUT2D eigenvalue weighted by Crippen LogP contribution is -2.14. The predicted octanol–water partition coefficient (Wildman–Crippen LogP) is -0.245. The molecule has 6 heteroatoms. The van der Waals surface area contributed by atoms with Gasteiger partial charge in [-0.2, -0.15) is 11.8 Å². The molecule has 0 fully saturated rings. The SMILES string of the molecule is CNCc1nnnn1CCSC. The summed E-state index contributed by atoms with van der Waals surface area (Å²) in [5.74, 6) is 1.94. The molecule has 5 nitrogen and oxygen atoms in total. The first-order valence-corrected chi connectivity index (χ1v) is 5.16. The highest BCUT2D eigenvalue weighted by molar-refractivity contribution is 7.98. The van der Waals surface area contributed by atoms with E-state index in [4.69, 9.17) is 0 Å². The van der Waals surface area contributed by atoms with Gasteiger partial charge in [0.15, 0.2) is 5.82 Å². The van der Waals surface area contributed by atoms with E-state index in [1.165, 1.54) is 0 Å². The third kappa shape index (κ3) is 2.46. The van der Waals surface area contributed by atoms with E-state index in [0.29, 0.717) is 0 Å². The molecule has 0 aliphatic rings. The van der Waals surface area contributed by atoms with Crippen LogP contribution >= 0.6 is 11.8 Å². The molecule has 68 valence electrons. The second-order valence-corrected chi connectivity index (χ2v) is 3.33. The Bertz CT molecular complexity index is 223. The molecule has 0 aliphatic carbocycles. The molecule has 1 rings (SSSR count). The molecule has 1 N–H and O–H groups in total. The maximum atomic E-state index is 3.89. The molecule has 1 aromatic heterocycles. The molecule has 0 atom stereocenters. The molecule has 0 radical (unpaired) electrons. The van der Waals surface area contributed by atoms with Crippen molar-refractivity contribution in [3.8, 4) is 0 Å². The number of aromatic nitrogens is 4. The maximum absolute atomic E-state index is 3.89. The van der Waals surface area contributed by atoms with Gasteiger partial charge in [0.1, 0.15) is 0 Å². The van der Waals surface area contributed by atoms with Crippen LogP contribution in [0.3, 0.4) is 0 Å². The average molecular weight is 187 g/mol. The van der Waals surface area contributed by atoms with Crippen LogP contribution in [0.4, 0.5) is 0 Å². The van der Waals surface area contributed by atoms with Crippen molar-refractivity contribution in [2.45, 2.75) is 13.1 Å². The Labute approximate surface area is 75.9 Å². The summed E-state index contributed by atoms with van der Waals surface area (Å²) in [5.41, 5.74) is 0. The lowest BCUT2D eigenvalue weighted by Gasteiger charge is -2.01. The lowest BCUT2D eigenvalue weighted by atomic mass is 10.6. The minimum atomic E-state index is 0.724. The fourth-order valence-electron chi connectivity index (χ4n) is 0.859. The van der Waals surface area contributed by atoms with Crippen molar-refractivity contribution in [1.82, 2.24) is 25.5 Å². The minimum Gasteiger partial charge on any atom is -0.313 e. The van der Waals surface area contributed by atoms with Gasteiger partial charge in [-0.25, -0.2) is 4.68 Å². The smallest absolute Gasteiger partial charge is 0.165 e. The van der Waals surface area contributed by atoms with E-state index >= 15 is 0 Å². The number of rotatable bonds is 5. The molecule has 12 heavy (non-hydrogen) atoms. The lowest BCUT2D eigenvalue weighted by molar-refractivity contribution is 0.587. The quantitative estimate of drug-likeness (QED) is 0.689. The van der Waals surface area contributed by atoms with Crippen LogP contribution in [0.25, 0.3) is 0 Å². The van der Waals surface area contributed by atoms with Gasteiger partial charge in [-0.1, -0.05) is 0 Å². The van der Waals surface area contributed by atoms with Crippen LogP contribution in [0.2, 0.25) is 0 Å². The van der Waals surface area contributed by atoms with Gasteiger partial charge in [-0.15, -0.1) is 5.10 Å². The Balaban J connectivity index is 2.51. The summed E-state index contributed by atoms with van der Waals surface area (Å²) in [6.45, 7) is 1.60. The van der Waals surface area contributed by atoms with E-state index in [9.17, 15) is 0 Å². The van der Waals surface area contributed by atoms with Crippen LogP contribution in [0.5, 0.6) is 0 Å². The van der Waals surface area contributed by atoms with E-state index in [2.05, 4.69) is 27.1 Å². The van der Waals surface area contributed by atoms with Crippen molar-refractivity contribution >= 4 is 11.8 Å². The zero-order chi connectivity index (χ0) is 8.81.